The molecule has 0 bridgehead atoms. The fourth-order valence-electron chi connectivity index (χ4n) is 0.934. The number of pyridine rings is 1. The van der Waals surface area contributed by atoms with Crippen molar-refractivity contribution >= 4 is 5.69 Å². The highest BCUT2D eigenvalue weighted by molar-refractivity contribution is 5.56. The van der Waals surface area contributed by atoms with E-state index in [-0.39, 0.29) is 6.04 Å². The average Bonchev–Trinajstić information content (AvgIpc) is 2.18. The molecule has 1 atom stereocenters. The van der Waals surface area contributed by atoms with Gasteiger partial charge < -0.3 is 11.1 Å². The quantitative estimate of drug-likeness (QED) is 0.711. The molecule has 1 unspecified atom stereocenters. The lowest BCUT2D eigenvalue weighted by Crippen LogP contribution is -2.25. The number of nitrogens with one attached hydrogen (secondary N) is 1. The summed E-state index contributed by atoms with van der Waals surface area (Å²) in [4.78, 5) is 3.86. The van der Waals surface area contributed by atoms with Gasteiger partial charge in [-0.1, -0.05) is 0 Å². The molecule has 68 valence electrons. The molecule has 0 saturated carbocycles. The number of nitrogens with zero attached hydrogens (tertiary/aromatic N) is 2. The van der Waals surface area contributed by atoms with E-state index in [4.69, 9.17) is 11.0 Å². The SMILES string of the molecule is CC(CN)Nc1ccncc1C#N. The lowest BCUT2D eigenvalue weighted by atomic mass is 10.2. The number of hydrogen-bond acceptors (Lipinski definition) is 4. The normalized spacial score (nSPS) is 11.8. The zero-order valence-electron chi connectivity index (χ0n) is 7.49. The number of nitrogens with two attached hydrogens (primary N) is 1. The van der Waals surface area contributed by atoms with Crippen molar-refractivity contribution < 1.29 is 0 Å². The van der Waals surface area contributed by atoms with E-state index < -0.39 is 0 Å². The van der Waals surface area contributed by atoms with Gasteiger partial charge in [-0.05, 0) is 13.0 Å². The fourth-order valence-corrected chi connectivity index (χ4v) is 0.934. The number of hydrogen-bond donors (Lipinski definition) is 2. The summed E-state index contributed by atoms with van der Waals surface area (Å²) in [6, 6.07) is 3.99. The number of rotatable bonds is 3. The van der Waals surface area contributed by atoms with Crippen LogP contribution in [0.1, 0.15) is 12.5 Å². The van der Waals surface area contributed by atoms with Crippen LogP contribution >= 0.6 is 0 Å². The molecule has 0 aliphatic heterocycles. The second-order valence-corrected chi connectivity index (χ2v) is 2.81. The highest BCUT2D eigenvalue weighted by Gasteiger charge is 2.03. The van der Waals surface area contributed by atoms with Crippen molar-refractivity contribution in [2.24, 2.45) is 5.73 Å². The lowest BCUT2D eigenvalue weighted by Gasteiger charge is -2.13. The Morgan fingerprint density at radius 1 is 1.77 bits per heavy atom. The van der Waals surface area contributed by atoms with Gasteiger partial charge in [0, 0.05) is 25.0 Å². The molecule has 3 N–H and O–H groups in total. The van der Waals surface area contributed by atoms with Crippen molar-refractivity contribution in [2.45, 2.75) is 13.0 Å². The van der Waals surface area contributed by atoms with E-state index in [1.807, 2.05) is 6.92 Å². The summed E-state index contributed by atoms with van der Waals surface area (Å²) in [5.41, 5.74) is 6.78. The first-order valence-corrected chi connectivity index (χ1v) is 4.08. The third-order valence-corrected chi connectivity index (χ3v) is 1.70. The first-order valence-electron chi connectivity index (χ1n) is 4.08. The fraction of sp³-hybridized carbons (Fsp3) is 0.333. The van der Waals surface area contributed by atoms with Gasteiger partial charge in [0.1, 0.15) is 6.07 Å². The molecule has 4 heteroatoms. The van der Waals surface area contributed by atoms with E-state index in [2.05, 4.69) is 16.4 Å². The molecule has 1 rings (SSSR count). The van der Waals surface area contributed by atoms with Crippen molar-refractivity contribution in [1.29, 1.82) is 5.26 Å². The molecule has 0 aliphatic carbocycles. The Morgan fingerprint density at radius 3 is 3.15 bits per heavy atom. The molecular weight excluding hydrogens is 164 g/mol. The van der Waals surface area contributed by atoms with E-state index in [1.54, 1.807) is 12.3 Å². The highest BCUT2D eigenvalue weighted by atomic mass is 14.9. The summed E-state index contributed by atoms with van der Waals surface area (Å²) in [6.45, 7) is 2.49. The lowest BCUT2D eigenvalue weighted by molar-refractivity contribution is 0.803. The summed E-state index contributed by atoms with van der Waals surface area (Å²) in [6.07, 6.45) is 3.18. The molecule has 0 radical (unpaired) electrons. The van der Waals surface area contributed by atoms with Gasteiger partial charge in [-0.25, -0.2) is 0 Å². The Hall–Kier alpha value is -1.60. The van der Waals surface area contributed by atoms with Crippen LogP contribution in [0.15, 0.2) is 18.5 Å². The molecule has 0 amide bonds. The Kier molecular flexibility index (Phi) is 3.23. The molecule has 13 heavy (non-hydrogen) atoms. The zero-order valence-corrected chi connectivity index (χ0v) is 7.49. The first-order chi connectivity index (χ1) is 6.27. The maximum absolute atomic E-state index is 8.74. The number of nitriles is 1. The van der Waals surface area contributed by atoms with Crippen molar-refractivity contribution in [3.8, 4) is 6.07 Å². The zero-order chi connectivity index (χ0) is 9.68. The third kappa shape index (κ3) is 2.42. The minimum absolute atomic E-state index is 0.162. The summed E-state index contributed by atoms with van der Waals surface area (Å²) in [5.74, 6) is 0. The van der Waals surface area contributed by atoms with Gasteiger partial charge in [0.25, 0.3) is 0 Å². The van der Waals surface area contributed by atoms with E-state index in [9.17, 15) is 0 Å². The van der Waals surface area contributed by atoms with Crippen molar-refractivity contribution in [1.82, 2.24) is 4.98 Å². The van der Waals surface area contributed by atoms with Crippen LogP contribution in [0.3, 0.4) is 0 Å². The van der Waals surface area contributed by atoms with E-state index in [1.165, 1.54) is 6.20 Å². The van der Waals surface area contributed by atoms with Gasteiger partial charge in [0.15, 0.2) is 0 Å². The Balaban J connectivity index is 2.82. The van der Waals surface area contributed by atoms with Crippen LogP contribution in [0.25, 0.3) is 0 Å². The molecule has 0 aliphatic rings. The van der Waals surface area contributed by atoms with E-state index in [0.29, 0.717) is 12.1 Å². The minimum Gasteiger partial charge on any atom is -0.380 e. The summed E-state index contributed by atoms with van der Waals surface area (Å²) in [5, 5.41) is 11.9. The van der Waals surface area contributed by atoms with Crippen molar-refractivity contribution in [3.05, 3.63) is 24.0 Å². The predicted octanol–water partition coefficient (Wildman–Crippen LogP) is 0.712. The van der Waals surface area contributed by atoms with Crippen LogP contribution in [0.2, 0.25) is 0 Å². The molecular formula is C9H12N4. The molecule has 0 aromatic carbocycles. The van der Waals surface area contributed by atoms with Gasteiger partial charge >= 0.3 is 0 Å². The van der Waals surface area contributed by atoms with Crippen LogP contribution in [-0.4, -0.2) is 17.6 Å². The first kappa shape index (κ1) is 9.49. The van der Waals surface area contributed by atoms with E-state index in [0.717, 1.165) is 5.69 Å². The molecule has 1 aromatic heterocycles. The monoisotopic (exact) mass is 176 g/mol. The van der Waals surface area contributed by atoms with Crippen molar-refractivity contribution in [3.63, 3.8) is 0 Å². The molecule has 1 aromatic rings. The smallest absolute Gasteiger partial charge is 0.103 e. The summed E-state index contributed by atoms with van der Waals surface area (Å²) in [7, 11) is 0. The Bertz CT molecular complexity index is 316. The van der Waals surface area contributed by atoms with Gasteiger partial charge in [0.2, 0.25) is 0 Å². The van der Waals surface area contributed by atoms with Crippen LogP contribution in [0.5, 0.6) is 0 Å². The predicted molar refractivity (Wildman–Crippen MR) is 51.1 cm³/mol. The van der Waals surface area contributed by atoms with Gasteiger partial charge in [-0.2, -0.15) is 5.26 Å². The van der Waals surface area contributed by atoms with Gasteiger partial charge in [-0.15, -0.1) is 0 Å². The Labute approximate surface area is 77.4 Å². The maximum Gasteiger partial charge on any atom is 0.103 e. The van der Waals surface area contributed by atoms with Gasteiger partial charge in [0.05, 0.1) is 11.3 Å². The van der Waals surface area contributed by atoms with Gasteiger partial charge in [-0.3, -0.25) is 4.98 Å². The molecule has 0 fully saturated rings. The molecule has 4 nitrogen and oxygen atoms in total. The van der Waals surface area contributed by atoms with Crippen LogP contribution in [0, 0.1) is 11.3 Å². The second-order valence-electron chi connectivity index (χ2n) is 2.81. The summed E-state index contributed by atoms with van der Waals surface area (Å²) < 4.78 is 0. The van der Waals surface area contributed by atoms with Crippen molar-refractivity contribution in [2.75, 3.05) is 11.9 Å². The molecule has 1 heterocycles. The molecule has 0 spiro atoms. The standard InChI is InChI=1S/C9H12N4/c1-7(4-10)13-9-2-3-12-6-8(9)5-11/h2-3,6-7H,4,10H2,1H3,(H,12,13). The second kappa shape index (κ2) is 4.43. The van der Waals surface area contributed by atoms with Crippen LogP contribution < -0.4 is 11.1 Å². The number of anilines is 1. The van der Waals surface area contributed by atoms with Crippen LogP contribution in [0.4, 0.5) is 5.69 Å². The van der Waals surface area contributed by atoms with E-state index >= 15 is 0 Å². The third-order valence-electron chi connectivity index (χ3n) is 1.70. The summed E-state index contributed by atoms with van der Waals surface area (Å²) >= 11 is 0. The average molecular weight is 176 g/mol. The highest BCUT2D eigenvalue weighted by Crippen LogP contribution is 2.12. The largest absolute Gasteiger partial charge is 0.380 e. The Morgan fingerprint density at radius 2 is 2.54 bits per heavy atom. The minimum atomic E-state index is 0.162. The molecule has 0 saturated heterocycles. The van der Waals surface area contributed by atoms with Crippen LogP contribution in [-0.2, 0) is 0 Å². The number of aromatic nitrogens is 1. The maximum atomic E-state index is 8.74. The topological polar surface area (TPSA) is 74.7 Å².